The summed E-state index contributed by atoms with van der Waals surface area (Å²) in [6.45, 7) is 7.03. The number of nitrogens with zero attached hydrogens (tertiary/aromatic N) is 1. The van der Waals surface area contributed by atoms with E-state index in [2.05, 4.69) is 19.2 Å². The van der Waals surface area contributed by atoms with E-state index in [-0.39, 0.29) is 6.03 Å². The standard InChI is InChI=1S/C11H22N2O/c1-3-4-7-12-11(14)13-8-5-6-10(2)9-13/h10H,3-9H2,1-2H3,(H,12,14). The zero-order valence-corrected chi connectivity index (χ0v) is 9.38. The van der Waals surface area contributed by atoms with Crippen LogP contribution >= 0.6 is 0 Å². The number of urea groups is 1. The monoisotopic (exact) mass is 198 g/mol. The van der Waals surface area contributed by atoms with Gasteiger partial charge in [0, 0.05) is 19.6 Å². The third kappa shape index (κ3) is 3.56. The molecule has 0 spiro atoms. The predicted octanol–water partition coefficient (Wildman–Crippen LogP) is 2.23. The Bertz CT molecular complexity index is 182. The second-order valence-corrected chi connectivity index (χ2v) is 4.28. The number of nitrogens with one attached hydrogen (secondary N) is 1. The van der Waals surface area contributed by atoms with E-state index in [9.17, 15) is 4.79 Å². The lowest BCUT2D eigenvalue weighted by atomic mass is 10.0. The molecule has 1 atom stereocenters. The SMILES string of the molecule is CCCCNC(=O)N1CCCC(C)C1. The van der Waals surface area contributed by atoms with Crippen molar-refractivity contribution in [3.05, 3.63) is 0 Å². The molecule has 1 heterocycles. The summed E-state index contributed by atoms with van der Waals surface area (Å²) < 4.78 is 0. The topological polar surface area (TPSA) is 32.3 Å². The zero-order valence-electron chi connectivity index (χ0n) is 9.38. The Morgan fingerprint density at radius 1 is 1.57 bits per heavy atom. The first-order valence-electron chi connectivity index (χ1n) is 5.76. The molecule has 1 fully saturated rings. The number of rotatable bonds is 3. The van der Waals surface area contributed by atoms with E-state index >= 15 is 0 Å². The average molecular weight is 198 g/mol. The first-order chi connectivity index (χ1) is 6.74. The summed E-state index contributed by atoms with van der Waals surface area (Å²) in [5.74, 6) is 0.667. The van der Waals surface area contributed by atoms with Crippen molar-refractivity contribution in [1.29, 1.82) is 0 Å². The molecule has 1 N–H and O–H groups in total. The van der Waals surface area contributed by atoms with Crippen LogP contribution in [0.15, 0.2) is 0 Å². The Labute approximate surface area is 86.9 Å². The Balaban J connectivity index is 2.22. The third-order valence-corrected chi connectivity index (χ3v) is 2.75. The van der Waals surface area contributed by atoms with Crippen LogP contribution in [-0.4, -0.2) is 30.6 Å². The molecule has 1 unspecified atom stereocenters. The second-order valence-electron chi connectivity index (χ2n) is 4.28. The quantitative estimate of drug-likeness (QED) is 0.693. The molecule has 14 heavy (non-hydrogen) atoms. The summed E-state index contributed by atoms with van der Waals surface area (Å²) in [7, 11) is 0. The molecule has 1 aliphatic rings. The van der Waals surface area contributed by atoms with E-state index in [4.69, 9.17) is 0 Å². The number of carbonyl (C=O) groups is 1. The van der Waals surface area contributed by atoms with Gasteiger partial charge in [0.1, 0.15) is 0 Å². The first-order valence-corrected chi connectivity index (χ1v) is 5.76. The fourth-order valence-corrected chi connectivity index (χ4v) is 1.86. The molecular weight excluding hydrogens is 176 g/mol. The van der Waals surface area contributed by atoms with Crippen molar-refractivity contribution in [2.75, 3.05) is 19.6 Å². The van der Waals surface area contributed by atoms with E-state index in [0.29, 0.717) is 5.92 Å². The van der Waals surface area contributed by atoms with Crippen molar-refractivity contribution in [3.8, 4) is 0 Å². The van der Waals surface area contributed by atoms with Gasteiger partial charge in [-0.3, -0.25) is 0 Å². The number of carbonyl (C=O) groups excluding carboxylic acids is 1. The zero-order chi connectivity index (χ0) is 10.4. The lowest BCUT2D eigenvalue weighted by Gasteiger charge is -2.30. The van der Waals surface area contributed by atoms with Crippen LogP contribution in [0, 0.1) is 5.92 Å². The number of amides is 2. The van der Waals surface area contributed by atoms with Crippen molar-refractivity contribution in [2.45, 2.75) is 39.5 Å². The van der Waals surface area contributed by atoms with Gasteiger partial charge in [0.05, 0.1) is 0 Å². The summed E-state index contributed by atoms with van der Waals surface area (Å²) in [4.78, 5) is 13.6. The summed E-state index contributed by atoms with van der Waals surface area (Å²) >= 11 is 0. The van der Waals surface area contributed by atoms with Crippen molar-refractivity contribution in [3.63, 3.8) is 0 Å². The molecule has 1 saturated heterocycles. The molecule has 82 valence electrons. The van der Waals surface area contributed by atoms with Gasteiger partial charge in [-0.25, -0.2) is 4.79 Å². The maximum absolute atomic E-state index is 11.6. The van der Waals surface area contributed by atoms with Gasteiger partial charge in [0.15, 0.2) is 0 Å². The smallest absolute Gasteiger partial charge is 0.317 e. The minimum atomic E-state index is 0.130. The number of hydrogen-bond donors (Lipinski definition) is 1. The van der Waals surface area contributed by atoms with E-state index in [1.54, 1.807) is 0 Å². The van der Waals surface area contributed by atoms with E-state index in [0.717, 1.165) is 38.9 Å². The van der Waals surface area contributed by atoms with Gasteiger partial charge in [-0.2, -0.15) is 0 Å². The number of unbranched alkanes of at least 4 members (excludes halogenated alkanes) is 1. The normalized spacial score (nSPS) is 22.1. The molecular formula is C11H22N2O. The van der Waals surface area contributed by atoms with Crippen molar-refractivity contribution in [1.82, 2.24) is 10.2 Å². The van der Waals surface area contributed by atoms with Gasteiger partial charge in [-0.1, -0.05) is 20.3 Å². The second kappa shape index (κ2) is 5.89. The number of likely N-dealkylation sites (tertiary alicyclic amines) is 1. The third-order valence-electron chi connectivity index (χ3n) is 2.75. The molecule has 2 amide bonds. The average Bonchev–Trinajstić information content (AvgIpc) is 2.18. The minimum Gasteiger partial charge on any atom is -0.338 e. The van der Waals surface area contributed by atoms with Crippen LogP contribution in [-0.2, 0) is 0 Å². The number of hydrogen-bond acceptors (Lipinski definition) is 1. The first kappa shape index (κ1) is 11.3. The molecule has 0 aromatic carbocycles. The number of piperidine rings is 1. The highest BCUT2D eigenvalue weighted by atomic mass is 16.2. The summed E-state index contributed by atoms with van der Waals surface area (Å²) in [6, 6.07) is 0.130. The predicted molar refractivity (Wildman–Crippen MR) is 58.3 cm³/mol. The minimum absolute atomic E-state index is 0.130. The molecule has 0 aromatic rings. The van der Waals surface area contributed by atoms with Crippen LogP contribution in [0.5, 0.6) is 0 Å². The highest BCUT2D eigenvalue weighted by molar-refractivity contribution is 5.74. The summed E-state index contributed by atoms with van der Waals surface area (Å²) in [5.41, 5.74) is 0. The van der Waals surface area contributed by atoms with E-state index < -0.39 is 0 Å². The molecule has 3 nitrogen and oxygen atoms in total. The van der Waals surface area contributed by atoms with Crippen molar-refractivity contribution in [2.24, 2.45) is 5.92 Å². The van der Waals surface area contributed by atoms with Crippen LogP contribution in [0.4, 0.5) is 4.79 Å². The van der Waals surface area contributed by atoms with Gasteiger partial charge in [-0.15, -0.1) is 0 Å². The maximum atomic E-state index is 11.6. The van der Waals surface area contributed by atoms with Crippen LogP contribution in [0.2, 0.25) is 0 Å². The Morgan fingerprint density at radius 3 is 3.00 bits per heavy atom. The molecule has 0 aliphatic carbocycles. The van der Waals surface area contributed by atoms with Gasteiger partial charge in [0.25, 0.3) is 0 Å². The molecule has 1 rings (SSSR count). The Hall–Kier alpha value is -0.730. The summed E-state index contributed by atoms with van der Waals surface area (Å²) in [5, 5.41) is 2.96. The fraction of sp³-hybridized carbons (Fsp3) is 0.909. The van der Waals surface area contributed by atoms with Crippen LogP contribution in [0.25, 0.3) is 0 Å². The Kier molecular flexibility index (Phi) is 4.77. The van der Waals surface area contributed by atoms with Crippen molar-refractivity contribution < 1.29 is 4.79 Å². The molecule has 0 saturated carbocycles. The lowest BCUT2D eigenvalue weighted by molar-refractivity contribution is 0.170. The van der Waals surface area contributed by atoms with E-state index in [1.165, 1.54) is 6.42 Å². The highest BCUT2D eigenvalue weighted by Crippen LogP contribution is 2.15. The van der Waals surface area contributed by atoms with E-state index in [1.807, 2.05) is 4.90 Å². The molecule has 1 aliphatic heterocycles. The molecule has 0 aromatic heterocycles. The van der Waals surface area contributed by atoms with Gasteiger partial charge in [0.2, 0.25) is 0 Å². The lowest BCUT2D eigenvalue weighted by Crippen LogP contribution is -2.45. The fourth-order valence-electron chi connectivity index (χ4n) is 1.86. The molecule has 0 radical (unpaired) electrons. The van der Waals surface area contributed by atoms with Gasteiger partial charge >= 0.3 is 6.03 Å². The van der Waals surface area contributed by atoms with Gasteiger partial charge < -0.3 is 10.2 Å². The molecule has 3 heteroatoms. The van der Waals surface area contributed by atoms with Crippen LogP contribution in [0.3, 0.4) is 0 Å². The highest BCUT2D eigenvalue weighted by Gasteiger charge is 2.19. The molecule has 0 bridgehead atoms. The Morgan fingerprint density at radius 2 is 2.36 bits per heavy atom. The largest absolute Gasteiger partial charge is 0.338 e. The summed E-state index contributed by atoms with van der Waals surface area (Å²) in [6.07, 6.45) is 4.63. The van der Waals surface area contributed by atoms with Crippen LogP contribution < -0.4 is 5.32 Å². The van der Waals surface area contributed by atoms with Gasteiger partial charge in [-0.05, 0) is 25.2 Å². The van der Waals surface area contributed by atoms with Crippen LogP contribution in [0.1, 0.15) is 39.5 Å². The van der Waals surface area contributed by atoms with Crippen molar-refractivity contribution >= 4 is 6.03 Å². The maximum Gasteiger partial charge on any atom is 0.317 e.